The van der Waals surface area contributed by atoms with Crippen LogP contribution < -0.4 is 5.32 Å². The Bertz CT molecular complexity index is 352. The molecule has 0 heterocycles. The van der Waals surface area contributed by atoms with Crippen molar-refractivity contribution in [3.63, 3.8) is 0 Å². The van der Waals surface area contributed by atoms with Crippen molar-refractivity contribution in [1.29, 1.82) is 0 Å². The molecule has 0 spiro atoms. The molecule has 0 aliphatic heterocycles. The van der Waals surface area contributed by atoms with Crippen LogP contribution in [-0.4, -0.2) is 6.54 Å². The highest BCUT2D eigenvalue weighted by atomic mass is 19.3. The van der Waals surface area contributed by atoms with E-state index in [1.807, 2.05) is 0 Å². The summed E-state index contributed by atoms with van der Waals surface area (Å²) in [6, 6.07) is 6.51. The van der Waals surface area contributed by atoms with E-state index in [0.717, 1.165) is 18.7 Å². The average Bonchev–Trinajstić information content (AvgIpc) is 2.28. The minimum atomic E-state index is -2.38. The SMILES string of the molecule is CC(CNCc1ccc(C(F)F)cc1)C(C)(C)C. The quantitative estimate of drug-likeness (QED) is 0.822. The number of alkyl halides is 2. The van der Waals surface area contributed by atoms with Gasteiger partial charge in [-0.05, 0) is 23.4 Å². The van der Waals surface area contributed by atoms with Crippen LogP contribution in [0.25, 0.3) is 0 Å². The minimum Gasteiger partial charge on any atom is -0.312 e. The molecule has 0 saturated heterocycles. The zero-order valence-corrected chi connectivity index (χ0v) is 11.6. The first kappa shape index (κ1) is 15.1. The molecular weight excluding hydrogens is 232 g/mol. The van der Waals surface area contributed by atoms with Gasteiger partial charge in [-0.1, -0.05) is 52.0 Å². The van der Waals surface area contributed by atoms with Crippen molar-refractivity contribution in [3.8, 4) is 0 Å². The second kappa shape index (κ2) is 6.28. The van der Waals surface area contributed by atoms with Gasteiger partial charge >= 0.3 is 0 Å². The fraction of sp³-hybridized carbons (Fsp3) is 0.600. The molecule has 1 atom stereocenters. The number of hydrogen-bond acceptors (Lipinski definition) is 1. The van der Waals surface area contributed by atoms with Crippen LogP contribution in [0.4, 0.5) is 8.78 Å². The van der Waals surface area contributed by atoms with Crippen molar-refractivity contribution < 1.29 is 8.78 Å². The topological polar surface area (TPSA) is 12.0 Å². The van der Waals surface area contributed by atoms with E-state index in [1.54, 1.807) is 12.1 Å². The van der Waals surface area contributed by atoms with E-state index >= 15 is 0 Å². The van der Waals surface area contributed by atoms with Gasteiger partial charge in [0.1, 0.15) is 0 Å². The van der Waals surface area contributed by atoms with Crippen LogP contribution in [0.2, 0.25) is 0 Å². The third-order valence-electron chi connectivity index (χ3n) is 3.49. The number of benzene rings is 1. The Morgan fingerprint density at radius 2 is 1.67 bits per heavy atom. The lowest BCUT2D eigenvalue weighted by molar-refractivity contribution is 0.151. The molecule has 0 aliphatic rings. The Morgan fingerprint density at radius 3 is 2.11 bits per heavy atom. The second-order valence-electron chi connectivity index (χ2n) is 5.94. The highest BCUT2D eigenvalue weighted by Crippen LogP contribution is 2.24. The second-order valence-corrected chi connectivity index (χ2v) is 5.94. The minimum absolute atomic E-state index is 0.0850. The molecule has 0 amide bonds. The van der Waals surface area contributed by atoms with Gasteiger partial charge in [0.2, 0.25) is 0 Å². The summed E-state index contributed by atoms with van der Waals surface area (Å²) in [6.07, 6.45) is -2.38. The van der Waals surface area contributed by atoms with Gasteiger partial charge in [-0.15, -0.1) is 0 Å². The van der Waals surface area contributed by atoms with E-state index in [0.29, 0.717) is 5.92 Å². The van der Waals surface area contributed by atoms with Crippen molar-refractivity contribution in [2.45, 2.75) is 40.7 Å². The van der Waals surface area contributed by atoms with Gasteiger partial charge < -0.3 is 5.32 Å². The van der Waals surface area contributed by atoms with Gasteiger partial charge in [0.05, 0.1) is 0 Å². The van der Waals surface area contributed by atoms with Crippen molar-refractivity contribution in [2.75, 3.05) is 6.54 Å². The van der Waals surface area contributed by atoms with Gasteiger partial charge in [0.25, 0.3) is 6.43 Å². The number of halogens is 2. The lowest BCUT2D eigenvalue weighted by Crippen LogP contribution is -2.29. The first-order chi connectivity index (χ1) is 8.30. The molecule has 0 radical (unpaired) electrons. The molecular formula is C15H23F2N. The Labute approximate surface area is 109 Å². The average molecular weight is 255 g/mol. The zero-order valence-electron chi connectivity index (χ0n) is 11.6. The normalized spacial score (nSPS) is 13.9. The first-order valence-corrected chi connectivity index (χ1v) is 6.38. The van der Waals surface area contributed by atoms with E-state index in [1.165, 1.54) is 12.1 Å². The van der Waals surface area contributed by atoms with Crippen LogP contribution in [0.3, 0.4) is 0 Å². The summed E-state index contributed by atoms with van der Waals surface area (Å²) in [4.78, 5) is 0. The monoisotopic (exact) mass is 255 g/mol. The smallest absolute Gasteiger partial charge is 0.263 e. The molecule has 1 nitrogen and oxygen atoms in total. The number of rotatable bonds is 5. The zero-order chi connectivity index (χ0) is 13.8. The predicted octanol–water partition coefficient (Wildman–Crippen LogP) is 4.40. The summed E-state index contributed by atoms with van der Waals surface area (Å²) >= 11 is 0. The van der Waals surface area contributed by atoms with Gasteiger partial charge in [-0.25, -0.2) is 8.78 Å². The van der Waals surface area contributed by atoms with Crippen molar-refractivity contribution in [2.24, 2.45) is 11.3 Å². The van der Waals surface area contributed by atoms with Crippen molar-refractivity contribution in [1.82, 2.24) is 5.32 Å². The maximum absolute atomic E-state index is 12.4. The molecule has 0 saturated carbocycles. The molecule has 0 bridgehead atoms. The molecule has 1 aromatic carbocycles. The fourth-order valence-electron chi connectivity index (χ4n) is 1.52. The van der Waals surface area contributed by atoms with Crippen LogP contribution in [0.5, 0.6) is 0 Å². The van der Waals surface area contributed by atoms with E-state index in [-0.39, 0.29) is 11.0 Å². The lowest BCUT2D eigenvalue weighted by Gasteiger charge is -2.27. The van der Waals surface area contributed by atoms with Gasteiger partial charge in [0, 0.05) is 12.1 Å². The fourth-order valence-corrected chi connectivity index (χ4v) is 1.52. The lowest BCUT2D eigenvalue weighted by atomic mass is 9.82. The maximum atomic E-state index is 12.4. The molecule has 0 aromatic heterocycles. The summed E-state index contributed by atoms with van der Waals surface area (Å²) in [5.74, 6) is 0.567. The van der Waals surface area contributed by atoms with E-state index in [4.69, 9.17) is 0 Å². The Balaban J connectivity index is 2.40. The predicted molar refractivity (Wildman–Crippen MR) is 71.7 cm³/mol. The van der Waals surface area contributed by atoms with Gasteiger partial charge in [0.15, 0.2) is 0 Å². The van der Waals surface area contributed by atoms with Crippen LogP contribution >= 0.6 is 0 Å². The Hall–Kier alpha value is -0.960. The molecule has 0 fully saturated rings. The molecule has 102 valence electrons. The maximum Gasteiger partial charge on any atom is 0.263 e. The van der Waals surface area contributed by atoms with Crippen molar-refractivity contribution in [3.05, 3.63) is 35.4 Å². The van der Waals surface area contributed by atoms with Gasteiger partial charge in [-0.3, -0.25) is 0 Å². The van der Waals surface area contributed by atoms with Crippen LogP contribution in [-0.2, 0) is 6.54 Å². The van der Waals surface area contributed by atoms with Crippen LogP contribution in [0, 0.1) is 11.3 Å². The third kappa shape index (κ3) is 4.73. The standard InChI is InChI=1S/C15H23F2N/c1-11(15(2,3)4)9-18-10-12-5-7-13(8-6-12)14(16)17/h5-8,11,14,18H,9-10H2,1-4H3. The first-order valence-electron chi connectivity index (χ1n) is 6.38. The summed E-state index contributed by atoms with van der Waals surface area (Å²) in [6.45, 7) is 10.5. The summed E-state index contributed by atoms with van der Waals surface area (Å²) in [5.41, 5.74) is 1.41. The third-order valence-corrected chi connectivity index (χ3v) is 3.49. The molecule has 1 unspecified atom stereocenters. The number of nitrogens with one attached hydrogen (secondary N) is 1. The van der Waals surface area contributed by atoms with Gasteiger partial charge in [-0.2, -0.15) is 0 Å². The Kier molecular flexibility index (Phi) is 5.27. The van der Waals surface area contributed by atoms with E-state index < -0.39 is 6.43 Å². The highest BCUT2D eigenvalue weighted by Gasteiger charge is 2.19. The molecule has 1 aromatic rings. The molecule has 1 rings (SSSR count). The van der Waals surface area contributed by atoms with Crippen LogP contribution in [0.15, 0.2) is 24.3 Å². The largest absolute Gasteiger partial charge is 0.312 e. The summed E-state index contributed by atoms with van der Waals surface area (Å²) in [7, 11) is 0. The molecule has 3 heteroatoms. The van der Waals surface area contributed by atoms with E-state index in [9.17, 15) is 8.78 Å². The highest BCUT2D eigenvalue weighted by molar-refractivity contribution is 5.23. The molecule has 0 aliphatic carbocycles. The molecule has 1 N–H and O–H groups in total. The van der Waals surface area contributed by atoms with Crippen molar-refractivity contribution >= 4 is 0 Å². The Morgan fingerprint density at radius 1 is 1.11 bits per heavy atom. The molecule has 18 heavy (non-hydrogen) atoms. The number of hydrogen-bond donors (Lipinski definition) is 1. The summed E-state index contributed by atoms with van der Waals surface area (Å²) < 4.78 is 24.7. The van der Waals surface area contributed by atoms with E-state index in [2.05, 4.69) is 33.0 Å². The van der Waals surface area contributed by atoms with Crippen LogP contribution in [0.1, 0.15) is 45.2 Å². The summed E-state index contributed by atoms with van der Waals surface area (Å²) in [5, 5.41) is 3.37.